The molecule has 1 heterocycles. The van der Waals surface area contributed by atoms with E-state index in [0.29, 0.717) is 0 Å². The lowest BCUT2D eigenvalue weighted by molar-refractivity contribution is -0.124. The summed E-state index contributed by atoms with van der Waals surface area (Å²) in [5, 5.41) is 3.12. The third-order valence-electron chi connectivity index (χ3n) is 5.29. The standard InChI is InChI=1S/C24H32N2O2/c1-24(2,3)20-9-11-22(12-10-20)28-18-23(27)25-21-13-15-26(16-14-21)17-19-7-5-4-6-8-19/h4-12,21H,13-18H2,1-3H3,(H,25,27). The largest absolute Gasteiger partial charge is 0.484 e. The van der Waals surface area contributed by atoms with E-state index < -0.39 is 0 Å². The van der Waals surface area contributed by atoms with Crippen LogP contribution in [0.15, 0.2) is 54.6 Å². The Kier molecular flexibility index (Phi) is 6.74. The monoisotopic (exact) mass is 380 g/mol. The summed E-state index contributed by atoms with van der Waals surface area (Å²) in [6, 6.07) is 18.8. The second kappa shape index (κ2) is 9.24. The highest BCUT2D eigenvalue weighted by molar-refractivity contribution is 5.77. The number of carbonyl (C=O) groups is 1. The van der Waals surface area contributed by atoms with Gasteiger partial charge in [-0.1, -0.05) is 63.2 Å². The molecule has 0 spiro atoms. The first-order valence-corrected chi connectivity index (χ1v) is 10.2. The third kappa shape index (κ3) is 6.10. The van der Waals surface area contributed by atoms with Gasteiger partial charge in [-0.25, -0.2) is 0 Å². The van der Waals surface area contributed by atoms with Crippen molar-refractivity contribution >= 4 is 5.91 Å². The van der Waals surface area contributed by atoms with E-state index in [9.17, 15) is 4.79 Å². The lowest BCUT2D eigenvalue weighted by Gasteiger charge is -2.32. The average Bonchev–Trinajstić information content (AvgIpc) is 2.68. The van der Waals surface area contributed by atoms with Crippen LogP contribution in [0.2, 0.25) is 0 Å². The maximum Gasteiger partial charge on any atom is 0.258 e. The van der Waals surface area contributed by atoms with Crippen LogP contribution in [0.25, 0.3) is 0 Å². The average molecular weight is 381 g/mol. The zero-order chi connectivity index (χ0) is 20.0. The first-order chi connectivity index (χ1) is 13.4. The van der Waals surface area contributed by atoms with Crippen molar-refractivity contribution in [2.45, 2.75) is 51.6 Å². The SMILES string of the molecule is CC(C)(C)c1ccc(OCC(=O)NC2CCN(Cc3ccccc3)CC2)cc1. The first-order valence-electron chi connectivity index (χ1n) is 10.2. The summed E-state index contributed by atoms with van der Waals surface area (Å²) in [6.45, 7) is 9.61. The quantitative estimate of drug-likeness (QED) is 0.819. The minimum Gasteiger partial charge on any atom is -0.484 e. The van der Waals surface area contributed by atoms with E-state index in [1.807, 2.05) is 18.2 Å². The molecule has 0 aromatic heterocycles. The Hall–Kier alpha value is -2.33. The van der Waals surface area contributed by atoms with Crippen LogP contribution in [0, 0.1) is 0 Å². The summed E-state index contributed by atoms with van der Waals surface area (Å²) in [6.07, 6.45) is 1.97. The van der Waals surface area contributed by atoms with E-state index >= 15 is 0 Å². The molecule has 2 aromatic rings. The number of nitrogens with zero attached hydrogens (tertiary/aromatic N) is 1. The predicted molar refractivity (Wildman–Crippen MR) is 114 cm³/mol. The maximum absolute atomic E-state index is 12.2. The fourth-order valence-corrected chi connectivity index (χ4v) is 3.55. The zero-order valence-corrected chi connectivity index (χ0v) is 17.3. The fourth-order valence-electron chi connectivity index (χ4n) is 3.55. The van der Waals surface area contributed by atoms with Crippen LogP contribution < -0.4 is 10.1 Å². The highest BCUT2D eigenvalue weighted by Crippen LogP contribution is 2.24. The number of rotatable bonds is 6. The number of nitrogens with one attached hydrogen (secondary N) is 1. The van der Waals surface area contributed by atoms with Gasteiger partial charge in [0.25, 0.3) is 5.91 Å². The zero-order valence-electron chi connectivity index (χ0n) is 17.3. The lowest BCUT2D eigenvalue weighted by atomic mass is 9.87. The molecule has 1 aliphatic heterocycles. The molecule has 0 radical (unpaired) electrons. The van der Waals surface area contributed by atoms with Crippen LogP contribution in [-0.2, 0) is 16.8 Å². The second-order valence-electron chi connectivity index (χ2n) is 8.67. The fraction of sp³-hybridized carbons (Fsp3) is 0.458. The molecular formula is C24H32N2O2. The van der Waals surface area contributed by atoms with Gasteiger partial charge in [0.1, 0.15) is 5.75 Å². The van der Waals surface area contributed by atoms with E-state index in [1.54, 1.807) is 0 Å². The van der Waals surface area contributed by atoms with Crippen LogP contribution in [0.3, 0.4) is 0 Å². The van der Waals surface area contributed by atoms with Gasteiger partial charge in [0.2, 0.25) is 0 Å². The molecule has 0 saturated carbocycles. The summed E-state index contributed by atoms with van der Waals surface area (Å²) in [5.41, 5.74) is 2.72. The van der Waals surface area contributed by atoms with Gasteiger partial charge in [-0.3, -0.25) is 9.69 Å². The normalized spacial score (nSPS) is 16.0. The molecule has 0 aliphatic carbocycles. The molecule has 150 valence electrons. The molecule has 1 amide bonds. The van der Waals surface area contributed by atoms with Crippen LogP contribution in [0.5, 0.6) is 5.75 Å². The molecule has 0 atom stereocenters. The highest BCUT2D eigenvalue weighted by atomic mass is 16.5. The number of piperidine rings is 1. The minimum atomic E-state index is -0.0404. The Morgan fingerprint density at radius 3 is 2.29 bits per heavy atom. The highest BCUT2D eigenvalue weighted by Gasteiger charge is 2.21. The van der Waals surface area contributed by atoms with Crippen molar-refractivity contribution in [2.24, 2.45) is 0 Å². The number of carbonyl (C=O) groups excluding carboxylic acids is 1. The van der Waals surface area contributed by atoms with Gasteiger partial charge < -0.3 is 10.1 Å². The van der Waals surface area contributed by atoms with E-state index in [4.69, 9.17) is 4.74 Å². The molecule has 3 rings (SSSR count). The predicted octanol–water partition coefficient (Wildman–Crippen LogP) is 4.14. The van der Waals surface area contributed by atoms with E-state index in [2.05, 4.69) is 67.4 Å². The maximum atomic E-state index is 12.2. The van der Waals surface area contributed by atoms with Crippen LogP contribution in [0.4, 0.5) is 0 Å². The van der Waals surface area contributed by atoms with E-state index in [-0.39, 0.29) is 24.0 Å². The Labute approximate surface area is 168 Å². The van der Waals surface area contributed by atoms with Crippen molar-refractivity contribution in [1.29, 1.82) is 0 Å². The number of likely N-dealkylation sites (tertiary alicyclic amines) is 1. The smallest absolute Gasteiger partial charge is 0.258 e. The third-order valence-corrected chi connectivity index (χ3v) is 5.29. The molecule has 1 fully saturated rings. The molecule has 0 unspecified atom stereocenters. The van der Waals surface area contributed by atoms with Crippen molar-refractivity contribution < 1.29 is 9.53 Å². The summed E-state index contributed by atoms with van der Waals surface area (Å²) >= 11 is 0. The molecule has 2 aromatic carbocycles. The van der Waals surface area contributed by atoms with Crippen molar-refractivity contribution in [2.75, 3.05) is 19.7 Å². The van der Waals surface area contributed by atoms with Crippen molar-refractivity contribution in [3.05, 3.63) is 65.7 Å². The van der Waals surface area contributed by atoms with E-state index in [0.717, 1.165) is 38.2 Å². The van der Waals surface area contributed by atoms with Crippen LogP contribution in [0.1, 0.15) is 44.7 Å². The van der Waals surface area contributed by atoms with Crippen molar-refractivity contribution in [3.8, 4) is 5.75 Å². The van der Waals surface area contributed by atoms with Gasteiger partial charge in [-0.2, -0.15) is 0 Å². The number of amides is 1. The van der Waals surface area contributed by atoms with Crippen LogP contribution in [-0.4, -0.2) is 36.5 Å². The summed E-state index contributed by atoms with van der Waals surface area (Å²) in [4.78, 5) is 14.7. The number of hydrogen-bond acceptors (Lipinski definition) is 3. The van der Waals surface area contributed by atoms with Crippen molar-refractivity contribution in [3.63, 3.8) is 0 Å². The second-order valence-corrected chi connectivity index (χ2v) is 8.67. The molecule has 1 aliphatic rings. The molecule has 0 bridgehead atoms. The molecule has 1 N–H and O–H groups in total. The molecular weight excluding hydrogens is 348 g/mol. The summed E-state index contributed by atoms with van der Waals surface area (Å²) in [7, 11) is 0. The Bertz CT molecular complexity index is 742. The Morgan fingerprint density at radius 2 is 1.68 bits per heavy atom. The molecule has 1 saturated heterocycles. The lowest BCUT2D eigenvalue weighted by Crippen LogP contribution is -2.45. The van der Waals surface area contributed by atoms with Gasteiger partial charge >= 0.3 is 0 Å². The van der Waals surface area contributed by atoms with Gasteiger partial charge in [-0.05, 0) is 41.5 Å². The van der Waals surface area contributed by atoms with Crippen molar-refractivity contribution in [1.82, 2.24) is 10.2 Å². The molecule has 4 nitrogen and oxygen atoms in total. The summed E-state index contributed by atoms with van der Waals surface area (Å²) < 4.78 is 5.65. The van der Waals surface area contributed by atoms with Crippen LogP contribution >= 0.6 is 0 Å². The number of hydrogen-bond donors (Lipinski definition) is 1. The Morgan fingerprint density at radius 1 is 1.04 bits per heavy atom. The number of ether oxygens (including phenoxy) is 1. The first kappa shape index (κ1) is 20.4. The number of benzene rings is 2. The molecule has 28 heavy (non-hydrogen) atoms. The van der Waals surface area contributed by atoms with E-state index in [1.165, 1.54) is 11.1 Å². The molecule has 4 heteroatoms. The van der Waals surface area contributed by atoms with Gasteiger partial charge in [0.05, 0.1) is 0 Å². The topological polar surface area (TPSA) is 41.6 Å². The van der Waals surface area contributed by atoms with Gasteiger partial charge in [0.15, 0.2) is 6.61 Å². The summed E-state index contributed by atoms with van der Waals surface area (Å²) in [5.74, 6) is 0.697. The van der Waals surface area contributed by atoms with Gasteiger partial charge in [0, 0.05) is 25.7 Å². The minimum absolute atomic E-state index is 0.0404. The van der Waals surface area contributed by atoms with Gasteiger partial charge in [-0.15, -0.1) is 0 Å². The Balaban J connectivity index is 1.37.